The van der Waals surface area contributed by atoms with Gasteiger partial charge in [-0.3, -0.25) is 0 Å². The fourth-order valence-electron chi connectivity index (χ4n) is 2.95. The Balaban J connectivity index is 2.15. The Bertz CT molecular complexity index is 1140. The molecule has 0 bridgehead atoms. The molecule has 0 N–H and O–H groups in total. The molecule has 0 unspecified atom stereocenters. The molecule has 198 valence electrons. The van der Waals surface area contributed by atoms with Crippen LogP contribution in [0.1, 0.15) is 21.5 Å². The molecule has 0 amide bonds. The van der Waals surface area contributed by atoms with Gasteiger partial charge in [-0.15, -0.1) is 0 Å². The second kappa shape index (κ2) is 14.7. The van der Waals surface area contributed by atoms with Gasteiger partial charge in [-0.2, -0.15) is 0 Å². The highest BCUT2D eigenvalue weighted by atomic mass is 16.6. The van der Waals surface area contributed by atoms with Crippen molar-refractivity contribution >= 4 is 36.0 Å². The number of carbonyl (C=O) groups excluding carboxylic acids is 4. The number of aryl methyl sites for hydroxylation is 1. The zero-order valence-electron chi connectivity index (χ0n) is 21.2. The third-order valence-electron chi connectivity index (χ3n) is 5.19. The van der Waals surface area contributed by atoms with Crippen LogP contribution in [0.2, 0.25) is 0 Å². The van der Waals surface area contributed by atoms with Crippen LogP contribution in [0.15, 0.2) is 86.8 Å². The number of aromatic nitrogens is 1. The molecule has 0 radical (unpaired) electrons. The molecule has 0 spiro atoms. The van der Waals surface area contributed by atoms with E-state index in [9.17, 15) is 19.2 Å². The zero-order valence-corrected chi connectivity index (χ0v) is 21.2. The molecule has 0 saturated heterocycles. The first kappa shape index (κ1) is 29.4. The number of carbonyl (C=O) groups is 4. The van der Waals surface area contributed by atoms with Gasteiger partial charge in [0.05, 0.1) is 5.56 Å². The topological polar surface area (TPSA) is 109 Å². The Kier molecular flexibility index (Phi) is 11.4. The lowest BCUT2D eigenvalue weighted by molar-refractivity contribution is -0.671. The molecule has 1 heterocycles. The Morgan fingerprint density at radius 1 is 0.684 bits per heavy atom. The molecule has 0 aliphatic carbocycles. The van der Waals surface area contributed by atoms with Crippen molar-refractivity contribution in [2.75, 3.05) is 26.4 Å². The van der Waals surface area contributed by atoms with E-state index in [-0.39, 0.29) is 5.56 Å². The lowest BCUT2D eigenvalue weighted by Crippen LogP contribution is -2.43. The quantitative estimate of drug-likeness (QED) is 0.162. The van der Waals surface area contributed by atoms with E-state index < -0.39 is 55.7 Å². The molecule has 0 atom stereocenters. The number of rotatable bonds is 14. The molecule has 2 rings (SSSR count). The van der Waals surface area contributed by atoms with Crippen molar-refractivity contribution in [3.63, 3.8) is 0 Å². The predicted octanol–water partition coefficient (Wildman–Crippen LogP) is 3.01. The normalized spacial score (nSPS) is 10.8. The standard InChI is InChI=1S/C29H30NO8/c1-5-25(31)35-18-29(19-36-26(32)6-2,20-37-27(33)7-3)21-38-28(34)24-12-10-22(11-13-24)8-9-23-14-16-30(4)17-15-23/h5-17H,1-3,18-21H2,4H3/q+1. The van der Waals surface area contributed by atoms with Crippen molar-refractivity contribution < 1.29 is 42.7 Å². The van der Waals surface area contributed by atoms with E-state index in [1.54, 1.807) is 24.3 Å². The minimum Gasteiger partial charge on any atom is -0.462 e. The summed E-state index contributed by atoms with van der Waals surface area (Å²) in [5, 5.41) is 0. The van der Waals surface area contributed by atoms with Crippen LogP contribution in [-0.2, 0) is 40.4 Å². The highest BCUT2D eigenvalue weighted by Gasteiger charge is 2.37. The molecule has 2 aromatic rings. The number of hydrogen-bond donors (Lipinski definition) is 0. The molecular weight excluding hydrogens is 490 g/mol. The third-order valence-corrected chi connectivity index (χ3v) is 5.19. The van der Waals surface area contributed by atoms with Gasteiger partial charge in [0.1, 0.15) is 38.9 Å². The fraction of sp³-hybridized carbons (Fsp3) is 0.207. The maximum atomic E-state index is 12.8. The number of esters is 4. The Morgan fingerprint density at radius 3 is 1.50 bits per heavy atom. The summed E-state index contributed by atoms with van der Waals surface area (Å²) in [6.45, 7) is 8.37. The van der Waals surface area contributed by atoms with Gasteiger partial charge < -0.3 is 18.9 Å². The molecule has 1 aromatic heterocycles. The smallest absolute Gasteiger partial charge is 0.338 e. The first-order chi connectivity index (χ1) is 18.2. The van der Waals surface area contributed by atoms with Crippen LogP contribution in [0.4, 0.5) is 0 Å². The van der Waals surface area contributed by atoms with Crippen molar-refractivity contribution in [1.82, 2.24) is 0 Å². The fourth-order valence-corrected chi connectivity index (χ4v) is 2.95. The van der Waals surface area contributed by atoms with Crippen LogP contribution in [0.5, 0.6) is 0 Å². The first-order valence-electron chi connectivity index (χ1n) is 11.5. The highest BCUT2D eigenvalue weighted by molar-refractivity contribution is 5.90. The van der Waals surface area contributed by atoms with Crippen molar-refractivity contribution in [3.8, 4) is 0 Å². The van der Waals surface area contributed by atoms with Crippen molar-refractivity contribution in [2.24, 2.45) is 12.5 Å². The second-order valence-electron chi connectivity index (χ2n) is 8.26. The van der Waals surface area contributed by atoms with Gasteiger partial charge in [0.15, 0.2) is 12.4 Å². The van der Waals surface area contributed by atoms with E-state index >= 15 is 0 Å². The molecule has 38 heavy (non-hydrogen) atoms. The van der Waals surface area contributed by atoms with Gasteiger partial charge in [-0.05, 0) is 23.3 Å². The van der Waals surface area contributed by atoms with Crippen LogP contribution < -0.4 is 4.57 Å². The number of nitrogens with zero attached hydrogens (tertiary/aromatic N) is 1. The largest absolute Gasteiger partial charge is 0.462 e. The summed E-state index contributed by atoms with van der Waals surface area (Å²) in [4.78, 5) is 47.9. The van der Waals surface area contributed by atoms with Gasteiger partial charge in [0.2, 0.25) is 0 Å². The number of ether oxygens (including phenoxy) is 4. The maximum absolute atomic E-state index is 12.8. The maximum Gasteiger partial charge on any atom is 0.338 e. The molecule has 0 fully saturated rings. The molecule has 0 saturated carbocycles. The average molecular weight is 521 g/mol. The number of benzene rings is 1. The molecule has 0 aliphatic rings. The Morgan fingerprint density at radius 2 is 1.08 bits per heavy atom. The van der Waals surface area contributed by atoms with Crippen LogP contribution in [0.25, 0.3) is 12.2 Å². The van der Waals surface area contributed by atoms with Crippen molar-refractivity contribution in [1.29, 1.82) is 0 Å². The number of pyridine rings is 1. The predicted molar refractivity (Wildman–Crippen MR) is 139 cm³/mol. The summed E-state index contributed by atoms with van der Waals surface area (Å²) in [7, 11) is 1.94. The summed E-state index contributed by atoms with van der Waals surface area (Å²) < 4.78 is 22.8. The second-order valence-corrected chi connectivity index (χ2v) is 8.26. The molecule has 9 nitrogen and oxygen atoms in total. The lowest BCUT2D eigenvalue weighted by atomic mass is 9.92. The highest BCUT2D eigenvalue weighted by Crippen LogP contribution is 2.22. The summed E-state index contributed by atoms with van der Waals surface area (Å²) >= 11 is 0. The van der Waals surface area contributed by atoms with Crippen LogP contribution in [0.3, 0.4) is 0 Å². The summed E-state index contributed by atoms with van der Waals surface area (Å²) in [6, 6.07) is 10.7. The Hall–Kier alpha value is -4.79. The molecule has 9 heteroatoms. The lowest BCUT2D eigenvalue weighted by Gasteiger charge is -2.31. The zero-order chi connectivity index (χ0) is 28.0. The molecule has 1 aromatic carbocycles. The van der Waals surface area contributed by atoms with Gasteiger partial charge in [0.25, 0.3) is 0 Å². The van der Waals surface area contributed by atoms with E-state index in [4.69, 9.17) is 18.9 Å². The van der Waals surface area contributed by atoms with Crippen LogP contribution in [0, 0.1) is 5.41 Å². The monoisotopic (exact) mass is 520 g/mol. The van der Waals surface area contributed by atoms with E-state index in [1.165, 1.54) is 0 Å². The minimum atomic E-state index is -1.40. The SMILES string of the molecule is C=CC(=O)OCC(COC(=O)C=C)(COC(=O)C=C)COC(=O)c1ccc(C=Cc2cc[n+](C)cc2)cc1. The van der Waals surface area contributed by atoms with E-state index in [0.29, 0.717) is 0 Å². The number of hydrogen-bond acceptors (Lipinski definition) is 8. The molecular formula is C29H30NO8+. The summed E-state index contributed by atoms with van der Waals surface area (Å²) in [6.07, 6.45) is 10.6. The van der Waals surface area contributed by atoms with Gasteiger partial charge in [-0.1, -0.05) is 44.0 Å². The summed E-state index contributed by atoms with van der Waals surface area (Å²) in [5.41, 5.74) is 0.750. The van der Waals surface area contributed by atoms with Crippen molar-refractivity contribution in [3.05, 3.63) is 103 Å². The van der Waals surface area contributed by atoms with E-state index in [2.05, 4.69) is 19.7 Å². The van der Waals surface area contributed by atoms with Crippen LogP contribution >= 0.6 is 0 Å². The summed E-state index contributed by atoms with van der Waals surface area (Å²) in [5.74, 6) is -2.97. The Labute approximate surface area is 221 Å². The van der Waals surface area contributed by atoms with Gasteiger partial charge in [-0.25, -0.2) is 23.7 Å². The molecule has 0 aliphatic heterocycles. The van der Waals surface area contributed by atoms with Crippen LogP contribution in [-0.4, -0.2) is 50.3 Å². The van der Waals surface area contributed by atoms with Gasteiger partial charge >= 0.3 is 23.9 Å². The third kappa shape index (κ3) is 9.69. The van der Waals surface area contributed by atoms with Gasteiger partial charge in [0, 0.05) is 30.4 Å². The van der Waals surface area contributed by atoms with Crippen molar-refractivity contribution in [2.45, 2.75) is 0 Å². The van der Waals surface area contributed by atoms with E-state index in [0.717, 1.165) is 29.4 Å². The van der Waals surface area contributed by atoms with E-state index in [1.807, 2.05) is 48.3 Å². The average Bonchev–Trinajstić information content (AvgIpc) is 2.95. The first-order valence-corrected chi connectivity index (χ1v) is 11.5. The minimum absolute atomic E-state index is 0.261.